The summed E-state index contributed by atoms with van der Waals surface area (Å²) in [6.45, 7) is 2.66. The Hall–Kier alpha value is -1.86. The van der Waals surface area contributed by atoms with Gasteiger partial charge in [-0.1, -0.05) is 0 Å². The molecule has 1 amide bonds. The van der Waals surface area contributed by atoms with Gasteiger partial charge in [0.1, 0.15) is 6.10 Å². The van der Waals surface area contributed by atoms with E-state index in [4.69, 9.17) is 4.74 Å². The smallest absolute Gasteiger partial charge is 0.389 e. The number of amides is 1. The highest BCUT2D eigenvalue weighted by molar-refractivity contribution is 5.76. The fraction of sp³-hybridized carbons (Fsp3) is 0.643. The Kier molecular flexibility index (Phi) is 5.20. The Bertz CT molecular complexity index is 497. The highest BCUT2D eigenvalue weighted by Crippen LogP contribution is 2.23. The van der Waals surface area contributed by atoms with Crippen LogP contribution in [-0.2, 0) is 4.79 Å². The van der Waals surface area contributed by atoms with Gasteiger partial charge < -0.3 is 9.64 Å². The third-order valence-electron chi connectivity index (χ3n) is 3.45. The number of hydrogen-bond acceptors (Lipinski definition) is 4. The van der Waals surface area contributed by atoms with Crippen molar-refractivity contribution >= 4 is 5.91 Å². The van der Waals surface area contributed by atoms with Gasteiger partial charge in [0.2, 0.25) is 5.91 Å². The van der Waals surface area contributed by atoms with Gasteiger partial charge in [0, 0.05) is 44.7 Å². The van der Waals surface area contributed by atoms with Crippen LogP contribution in [0.25, 0.3) is 0 Å². The molecule has 0 saturated carbocycles. The number of aryl methyl sites for hydroxylation is 1. The number of rotatable bonds is 4. The van der Waals surface area contributed by atoms with Crippen molar-refractivity contribution in [3.8, 4) is 6.01 Å². The Morgan fingerprint density at radius 1 is 1.32 bits per heavy atom. The van der Waals surface area contributed by atoms with E-state index in [9.17, 15) is 18.0 Å². The normalized spacial score (nSPS) is 16.6. The van der Waals surface area contributed by atoms with Crippen LogP contribution in [0.4, 0.5) is 13.2 Å². The Morgan fingerprint density at radius 2 is 1.91 bits per heavy atom. The monoisotopic (exact) mass is 317 g/mol. The first kappa shape index (κ1) is 16.5. The zero-order valence-electron chi connectivity index (χ0n) is 12.3. The summed E-state index contributed by atoms with van der Waals surface area (Å²) < 4.78 is 41.9. The van der Waals surface area contributed by atoms with Crippen LogP contribution in [0.3, 0.4) is 0 Å². The van der Waals surface area contributed by atoms with Gasteiger partial charge in [0.05, 0.1) is 6.42 Å². The van der Waals surface area contributed by atoms with E-state index in [0.717, 1.165) is 5.56 Å². The lowest BCUT2D eigenvalue weighted by Gasteiger charge is -2.31. The maximum atomic E-state index is 12.1. The van der Waals surface area contributed by atoms with Gasteiger partial charge in [0.25, 0.3) is 0 Å². The van der Waals surface area contributed by atoms with Crippen molar-refractivity contribution < 1.29 is 22.7 Å². The molecule has 0 atom stereocenters. The molecule has 1 saturated heterocycles. The lowest BCUT2D eigenvalue weighted by Crippen LogP contribution is -2.42. The highest BCUT2D eigenvalue weighted by Gasteiger charge is 2.30. The second kappa shape index (κ2) is 6.93. The number of likely N-dealkylation sites (tertiary alicyclic amines) is 1. The van der Waals surface area contributed by atoms with E-state index < -0.39 is 24.9 Å². The van der Waals surface area contributed by atoms with E-state index in [2.05, 4.69) is 9.97 Å². The van der Waals surface area contributed by atoms with Crippen LogP contribution in [0.5, 0.6) is 6.01 Å². The van der Waals surface area contributed by atoms with Crippen molar-refractivity contribution in [2.75, 3.05) is 13.1 Å². The number of hydrogen-bond donors (Lipinski definition) is 0. The van der Waals surface area contributed by atoms with Gasteiger partial charge in [-0.3, -0.25) is 4.79 Å². The number of ether oxygens (including phenoxy) is 1. The minimum absolute atomic E-state index is 0.116. The molecule has 1 aliphatic rings. The number of piperidine rings is 1. The Labute approximate surface area is 126 Å². The molecule has 1 aromatic heterocycles. The molecule has 0 aliphatic carbocycles. The maximum Gasteiger partial charge on any atom is 0.389 e. The van der Waals surface area contributed by atoms with E-state index in [1.807, 2.05) is 6.92 Å². The summed E-state index contributed by atoms with van der Waals surface area (Å²) in [6.07, 6.45) is -1.54. The molecule has 0 spiro atoms. The van der Waals surface area contributed by atoms with Crippen LogP contribution < -0.4 is 4.74 Å². The fourth-order valence-electron chi connectivity index (χ4n) is 2.22. The summed E-state index contributed by atoms with van der Waals surface area (Å²) >= 11 is 0. The molecule has 1 aliphatic heterocycles. The maximum absolute atomic E-state index is 12.1. The standard InChI is InChI=1S/C14H18F3N3O2/c1-10-8-18-13(19-9-10)22-11-3-6-20(7-4-11)12(21)2-5-14(15,16)17/h8-9,11H,2-7H2,1H3. The first-order chi connectivity index (χ1) is 10.3. The van der Waals surface area contributed by atoms with Gasteiger partial charge in [-0.15, -0.1) is 0 Å². The molecule has 122 valence electrons. The summed E-state index contributed by atoms with van der Waals surface area (Å²) in [5.41, 5.74) is 0.928. The fourth-order valence-corrected chi connectivity index (χ4v) is 2.22. The largest absolute Gasteiger partial charge is 0.460 e. The molecular formula is C14H18F3N3O2. The Balaban J connectivity index is 1.75. The summed E-state index contributed by atoms with van der Waals surface area (Å²) in [5.74, 6) is -0.456. The van der Waals surface area contributed by atoms with Gasteiger partial charge in [-0.25, -0.2) is 9.97 Å². The predicted molar refractivity (Wildman–Crippen MR) is 72.3 cm³/mol. The number of aromatic nitrogens is 2. The average Bonchev–Trinajstić information content (AvgIpc) is 2.47. The van der Waals surface area contributed by atoms with E-state index in [0.29, 0.717) is 25.9 Å². The van der Waals surface area contributed by atoms with Crippen LogP contribution in [0.1, 0.15) is 31.2 Å². The van der Waals surface area contributed by atoms with Crippen molar-refractivity contribution in [2.45, 2.75) is 44.9 Å². The lowest BCUT2D eigenvalue weighted by atomic mass is 10.1. The molecule has 0 radical (unpaired) electrons. The lowest BCUT2D eigenvalue weighted by molar-refractivity contribution is -0.150. The summed E-state index contributed by atoms with van der Waals surface area (Å²) in [5, 5.41) is 0. The molecule has 1 aromatic rings. The molecule has 5 nitrogen and oxygen atoms in total. The number of carbonyl (C=O) groups excluding carboxylic acids is 1. The van der Waals surface area contributed by atoms with Crippen molar-refractivity contribution in [1.82, 2.24) is 14.9 Å². The minimum Gasteiger partial charge on any atom is -0.460 e. The van der Waals surface area contributed by atoms with Crippen molar-refractivity contribution in [3.63, 3.8) is 0 Å². The van der Waals surface area contributed by atoms with Crippen LogP contribution >= 0.6 is 0 Å². The first-order valence-electron chi connectivity index (χ1n) is 7.13. The van der Waals surface area contributed by atoms with Gasteiger partial charge >= 0.3 is 12.2 Å². The molecule has 0 unspecified atom stereocenters. The van der Waals surface area contributed by atoms with Gasteiger partial charge in [-0.05, 0) is 12.5 Å². The number of nitrogens with zero attached hydrogens (tertiary/aromatic N) is 3. The van der Waals surface area contributed by atoms with Crippen LogP contribution in [0.2, 0.25) is 0 Å². The van der Waals surface area contributed by atoms with Crippen LogP contribution in [-0.4, -0.2) is 46.1 Å². The van der Waals surface area contributed by atoms with Crippen molar-refractivity contribution in [1.29, 1.82) is 0 Å². The summed E-state index contributed by atoms with van der Waals surface area (Å²) in [4.78, 5) is 21.3. The summed E-state index contributed by atoms with van der Waals surface area (Å²) in [6, 6.07) is 0.285. The molecule has 0 aromatic carbocycles. The SMILES string of the molecule is Cc1cnc(OC2CCN(C(=O)CCC(F)(F)F)CC2)nc1. The van der Waals surface area contributed by atoms with E-state index in [1.165, 1.54) is 4.90 Å². The Morgan fingerprint density at radius 3 is 2.45 bits per heavy atom. The van der Waals surface area contributed by atoms with Crippen molar-refractivity contribution in [2.24, 2.45) is 0 Å². The third-order valence-corrected chi connectivity index (χ3v) is 3.45. The zero-order valence-corrected chi connectivity index (χ0v) is 12.3. The van der Waals surface area contributed by atoms with Gasteiger partial charge in [0.15, 0.2) is 0 Å². The molecule has 8 heteroatoms. The zero-order chi connectivity index (χ0) is 16.2. The predicted octanol–water partition coefficient (Wildman–Crippen LogP) is 2.50. The first-order valence-corrected chi connectivity index (χ1v) is 7.13. The summed E-state index contributed by atoms with van der Waals surface area (Å²) in [7, 11) is 0. The number of halogens is 3. The minimum atomic E-state index is -4.29. The van der Waals surface area contributed by atoms with E-state index in [-0.39, 0.29) is 12.1 Å². The molecule has 2 rings (SSSR count). The molecule has 1 fully saturated rings. The topological polar surface area (TPSA) is 55.3 Å². The highest BCUT2D eigenvalue weighted by atomic mass is 19.4. The molecule has 0 N–H and O–H groups in total. The van der Waals surface area contributed by atoms with E-state index in [1.54, 1.807) is 12.4 Å². The van der Waals surface area contributed by atoms with Gasteiger partial charge in [-0.2, -0.15) is 13.2 Å². The van der Waals surface area contributed by atoms with Crippen LogP contribution in [0.15, 0.2) is 12.4 Å². The van der Waals surface area contributed by atoms with Crippen LogP contribution in [0, 0.1) is 6.92 Å². The number of alkyl halides is 3. The quantitative estimate of drug-likeness (QED) is 0.856. The number of carbonyl (C=O) groups is 1. The molecule has 22 heavy (non-hydrogen) atoms. The second-order valence-electron chi connectivity index (χ2n) is 5.36. The molecule has 2 heterocycles. The van der Waals surface area contributed by atoms with Crippen molar-refractivity contribution in [3.05, 3.63) is 18.0 Å². The van der Waals surface area contributed by atoms with E-state index >= 15 is 0 Å². The second-order valence-corrected chi connectivity index (χ2v) is 5.36. The molecular weight excluding hydrogens is 299 g/mol. The molecule has 0 bridgehead atoms. The third kappa shape index (κ3) is 5.16. The average molecular weight is 317 g/mol.